The zero-order chi connectivity index (χ0) is 22.3. The van der Waals surface area contributed by atoms with Gasteiger partial charge < -0.3 is 20.3 Å². The van der Waals surface area contributed by atoms with Crippen molar-refractivity contribution in [3.05, 3.63) is 22.7 Å². The van der Waals surface area contributed by atoms with Gasteiger partial charge >= 0.3 is 5.69 Å². The molecule has 0 amide bonds. The lowest BCUT2D eigenvalue weighted by atomic mass is 9.97. The molecular weight excluding hydrogens is 418 g/mol. The highest BCUT2D eigenvalue weighted by Gasteiger charge is 2.60. The van der Waals surface area contributed by atoms with Gasteiger partial charge in [0.25, 0.3) is 10.1 Å². The minimum atomic E-state index is -3.80. The predicted octanol–water partition coefficient (Wildman–Crippen LogP) is -0.184. The van der Waals surface area contributed by atoms with E-state index in [0.29, 0.717) is 0 Å². The number of nitrogens with two attached hydrogens (primary N) is 1. The highest BCUT2D eigenvalue weighted by atomic mass is 32.2. The molecule has 2 heterocycles. The fraction of sp³-hybridized carbons (Fsp3) is 0.765. The summed E-state index contributed by atoms with van der Waals surface area (Å²) >= 11 is 0. The first kappa shape index (κ1) is 24.0. The Morgan fingerprint density at radius 2 is 2.07 bits per heavy atom. The van der Waals surface area contributed by atoms with Crippen molar-refractivity contribution in [2.45, 2.75) is 62.9 Å². The van der Waals surface area contributed by atoms with Gasteiger partial charge in [-0.2, -0.15) is 13.4 Å². The fourth-order valence-corrected chi connectivity index (χ4v) is 5.80. The quantitative estimate of drug-likeness (QED) is 0.428. The van der Waals surface area contributed by atoms with Crippen molar-refractivity contribution in [3.63, 3.8) is 0 Å². The van der Waals surface area contributed by atoms with Crippen molar-refractivity contribution in [1.29, 1.82) is 0 Å². The Kier molecular flexibility index (Phi) is 6.67. The minimum Gasteiger partial charge on any atom is -0.393 e. The summed E-state index contributed by atoms with van der Waals surface area (Å²) in [5, 5.41) is 9.15. The van der Waals surface area contributed by atoms with Crippen LogP contribution in [0.1, 0.15) is 27.2 Å². The fourth-order valence-electron chi connectivity index (χ4n) is 3.48. The second-order valence-electron chi connectivity index (χ2n) is 8.72. The van der Waals surface area contributed by atoms with Crippen LogP contribution in [0.15, 0.2) is 17.1 Å². The molecule has 0 spiro atoms. The van der Waals surface area contributed by atoms with Crippen LogP contribution >= 0.6 is 0 Å². The summed E-state index contributed by atoms with van der Waals surface area (Å²) in [5.41, 5.74) is 2.95. The molecular formula is C17H31N3O7SSi. The van der Waals surface area contributed by atoms with Crippen LogP contribution < -0.4 is 11.4 Å². The average Bonchev–Trinajstić information content (AvgIpc) is 2.86. The molecule has 0 unspecified atom stereocenters. The van der Waals surface area contributed by atoms with Crippen molar-refractivity contribution in [2.75, 3.05) is 25.2 Å². The Bertz CT molecular complexity index is 899. The third-order valence-electron chi connectivity index (χ3n) is 4.86. The molecule has 0 aliphatic carbocycles. The maximum absolute atomic E-state index is 12.6. The Morgan fingerprint density at radius 3 is 2.52 bits per heavy atom. The van der Waals surface area contributed by atoms with E-state index in [9.17, 15) is 18.3 Å². The molecule has 29 heavy (non-hydrogen) atoms. The number of hydrogen-bond acceptors (Lipinski definition) is 9. The molecule has 1 aliphatic heterocycles. The highest BCUT2D eigenvalue weighted by molar-refractivity contribution is 7.85. The Balaban J connectivity index is 2.61. The zero-order valence-corrected chi connectivity index (χ0v) is 19.7. The van der Waals surface area contributed by atoms with Gasteiger partial charge in [-0.1, -0.05) is 13.1 Å². The molecule has 1 aromatic rings. The van der Waals surface area contributed by atoms with E-state index in [1.165, 1.54) is 16.8 Å². The summed E-state index contributed by atoms with van der Waals surface area (Å²) in [7, 11) is -5.63. The first-order chi connectivity index (χ1) is 13.1. The molecule has 1 aromatic heterocycles. The first-order valence-electron chi connectivity index (χ1n) is 9.33. The second kappa shape index (κ2) is 8.08. The summed E-state index contributed by atoms with van der Waals surface area (Å²) in [5.74, 6) is 0.0844. The molecule has 3 N–H and O–H groups in total. The van der Waals surface area contributed by atoms with Crippen LogP contribution in [0, 0.1) is 0 Å². The SMILES string of the molecule is C[SiH](C)[C@]1(n2ccc(N)nc2=O)C[C@H](OC(C)(C)C)[C@](CO)(COS(C)(=O)=O)O1. The molecule has 3 atom stereocenters. The van der Waals surface area contributed by atoms with Gasteiger partial charge in [-0.15, -0.1) is 0 Å². The van der Waals surface area contributed by atoms with Crippen LogP contribution in [0.2, 0.25) is 13.1 Å². The second-order valence-corrected chi connectivity index (χ2v) is 13.6. The average molecular weight is 450 g/mol. The van der Waals surface area contributed by atoms with Gasteiger partial charge in [-0.3, -0.25) is 8.75 Å². The van der Waals surface area contributed by atoms with Gasteiger partial charge in [0.1, 0.15) is 23.4 Å². The number of rotatable bonds is 7. The number of nitrogens with zero attached hydrogens (tertiary/aromatic N) is 2. The standard InChI is InChI=1S/C17H31N3O7SSi/c1-15(2,3)26-12-9-17(29(5)6,20-8-7-13(18)19-14(20)22)27-16(12,10-21)11-25-28(4,23)24/h7-8,12,21,29H,9-11H2,1-6H3,(H2,18,19,22)/t12-,16-,17-/m0/s1. The third-order valence-corrected chi connectivity index (χ3v) is 7.84. The van der Waals surface area contributed by atoms with E-state index in [1.54, 1.807) is 0 Å². The number of nitrogen functional groups attached to an aromatic ring is 1. The largest absolute Gasteiger partial charge is 0.393 e. The molecule has 2 rings (SSSR count). The van der Waals surface area contributed by atoms with Gasteiger partial charge in [0.15, 0.2) is 0 Å². The van der Waals surface area contributed by atoms with Crippen molar-refractivity contribution < 1.29 is 27.2 Å². The van der Waals surface area contributed by atoms with E-state index in [-0.39, 0.29) is 12.2 Å². The van der Waals surface area contributed by atoms with E-state index < -0.39 is 60.5 Å². The van der Waals surface area contributed by atoms with E-state index in [4.69, 9.17) is 19.4 Å². The molecule has 1 fully saturated rings. The lowest BCUT2D eigenvalue weighted by Crippen LogP contribution is -2.54. The van der Waals surface area contributed by atoms with Gasteiger partial charge in [0, 0.05) is 12.6 Å². The van der Waals surface area contributed by atoms with Crippen molar-refractivity contribution in [1.82, 2.24) is 9.55 Å². The van der Waals surface area contributed by atoms with Crippen molar-refractivity contribution in [3.8, 4) is 0 Å². The van der Waals surface area contributed by atoms with Crippen LogP contribution in [-0.2, 0) is 29.1 Å². The molecule has 0 saturated carbocycles. The number of aromatic nitrogens is 2. The first-order valence-corrected chi connectivity index (χ1v) is 14.0. The molecule has 0 radical (unpaired) electrons. The molecule has 1 aliphatic rings. The molecule has 12 heteroatoms. The number of ether oxygens (including phenoxy) is 2. The Labute approximate surface area is 172 Å². The minimum absolute atomic E-state index is 0.0844. The lowest BCUT2D eigenvalue weighted by molar-refractivity contribution is -0.188. The number of aliphatic hydroxyl groups is 1. The molecule has 166 valence electrons. The normalized spacial score (nSPS) is 28.2. The summed E-state index contributed by atoms with van der Waals surface area (Å²) in [6.07, 6.45) is 1.93. The van der Waals surface area contributed by atoms with Crippen molar-refractivity contribution in [2.24, 2.45) is 0 Å². The summed E-state index contributed by atoms with van der Waals surface area (Å²) < 4.78 is 42.2. The number of aliphatic hydroxyl groups excluding tert-OH is 1. The van der Waals surface area contributed by atoms with E-state index >= 15 is 0 Å². The van der Waals surface area contributed by atoms with Crippen LogP contribution in [0.5, 0.6) is 0 Å². The van der Waals surface area contributed by atoms with E-state index in [2.05, 4.69) is 4.98 Å². The summed E-state index contributed by atoms with van der Waals surface area (Å²) in [4.78, 5) is 16.4. The van der Waals surface area contributed by atoms with Crippen LogP contribution in [-0.4, -0.2) is 68.6 Å². The highest BCUT2D eigenvalue weighted by Crippen LogP contribution is 2.45. The smallest absolute Gasteiger partial charge is 0.351 e. The summed E-state index contributed by atoms with van der Waals surface area (Å²) in [6.45, 7) is 8.51. The molecule has 1 saturated heterocycles. The van der Waals surface area contributed by atoms with Crippen LogP contribution in [0.4, 0.5) is 5.82 Å². The zero-order valence-electron chi connectivity index (χ0n) is 17.7. The van der Waals surface area contributed by atoms with E-state index in [0.717, 1.165) is 6.26 Å². The van der Waals surface area contributed by atoms with Crippen LogP contribution in [0.3, 0.4) is 0 Å². The molecule has 0 bridgehead atoms. The van der Waals surface area contributed by atoms with Gasteiger partial charge in [0.2, 0.25) is 0 Å². The monoisotopic (exact) mass is 449 g/mol. The Hall–Kier alpha value is -1.31. The molecule has 0 aromatic carbocycles. The maximum Gasteiger partial charge on any atom is 0.351 e. The van der Waals surface area contributed by atoms with Crippen LogP contribution in [0.25, 0.3) is 0 Å². The maximum atomic E-state index is 12.6. The topological polar surface area (TPSA) is 143 Å². The third kappa shape index (κ3) is 5.24. The van der Waals surface area contributed by atoms with Gasteiger partial charge in [-0.25, -0.2) is 4.79 Å². The molecule has 10 nitrogen and oxygen atoms in total. The Morgan fingerprint density at radius 1 is 1.45 bits per heavy atom. The number of anilines is 1. The number of hydrogen-bond donors (Lipinski definition) is 2. The lowest BCUT2D eigenvalue weighted by Gasteiger charge is -2.38. The van der Waals surface area contributed by atoms with Gasteiger partial charge in [-0.05, 0) is 26.8 Å². The van der Waals surface area contributed by atoms with Gasteiger partial charge in [0.05, 0.1) is 33.4 Å². The predicted molar refractivity (Wildman–Crippen MR) is 111 cm³/mol. The summed E-state index contributed by atoms with van der Waals surface area (Å²) in [6, 6.07) is 1.49. The van der Waals surface area contributed by atoms with E-state index in [1.807, 2.05) is 33.9 Å². The van der Waals surface area contributed by atoms with Crippen molar-refractivity contribution >= 4 is 24.7 Å².